The Morgan fingerprint density at radius 3 is 3.05 bits per heavy atom. The number of ketones is 1. The number of carbonyl (C=O) groups excluding carboxylic acids is 1. The number of allylic oxidation sites excluding steroid dienone is 2. The first-order chi connectivity index (χ1) is 10.2. The van der Waals surface area contributed by atoms with Crippen LogP contribution in [0.2, 0.25) is 0 Å². The molecule has 1 heterocycles. The fourth-order valence-corrected chi connectivity index (χ4v) is 4.10. The van der Waals surface area contributed by atoms with E-state index >= 15 is 0 Å². The van der Waals surface area contributed by atoms with Crippen LogP contribution in [0.1, 0.15) is 38.2 Å². The van der Waals surface area contributed by atoms with Gasteiger partial charge in [-0.05, 0) is 52.8 Å². The van der Waals surface area contributed by atoms with Crippen LogP contribution >= 0.6 is 0 Å². The first-order valence-corrected chi connectivity index (χ1v) is 7.73. The maximum Gasteiger partial charge on any atom is 0.133 e. The SMILES string of the molecule is C[C@]12CCC(=O)C[C@@H]1CC=C2c1ccc2ccncc2c1. The highest BCUT2D eigenvalue weighted by Gasteiger charge is 2.45. The first kappa shape index (κ1) is 12.8. The van der Waals surface area contributed by atoms with Gasteiger partial charge in [-0.2, -0.15) is 0 Å². The van der Waals surface area contributed by atoms with Gasteiger partial charge in [0.1, 0.15) is 5.78 Å². The number of hydrogen-bond acceptors (Lipinski definition) is 2. The molecule has 2 atom stereocenters. The second-order valence-corrected chi connectivity index (χ2v) is 6.65. The summed E-state index contributed by atoms with van der Waals surface area (Å²) in [5.74, 6) is 0.938. The number of nitrogens with zero attached hydrogens (tertiary/aromatic N) is 1. The van der Waals surface area contributed by atoms with Crippen molar-refractivity contribution in [3.8, 4) is 0 Å². The number of benzene rings is 1. The lowest BCUT2D eigenvalue weighted by molar-refractivity contribution is -0.123. The highest BCUT2D eigenvalue weighted by Crippen LogP contribution is 2.55. The Balaban J connectivity index is 1.76. The molecule has 2 nitrogen and oxygen atoms in total. The van der Waals surface area contributed by atoms with Gasteiger partial charge in [0.25, 0.3) is 0 Å². The molecule has 2 heteroatoms. The molecular formula is C19H19NO. The molecule has 1 aromatic carbocycles. The smallest absolute Gasteiger partial charge is 0.133 e. The summed E-state index contributed by atoms with van der Waals surface area (Å²) in [7, 11) is 0. The maximum atomic E-state index is 11.7. The second kappa shape index (κ2) is 4.52. The van der Waals surface area contributed by atoms with Crippen LogP contribution in [0.3, 0.4) is 0 Å². The van der Waals surface area contributed by atoms with E-state index in [0.717, 1.165) is 25.7 Å². The summed E-state index contributed by atoms with van der Waals surface area (Å²) in [6.45, 7) is 2.34. The highest BCUT2D eigenvalue weighted by atomic mass is 16.1. The lowest BCUT2D eigenvalue weighted by atomic mass is 9.65. The number of Topliss-reactive ketones (excluding diaryl/α,β-unsaturated/α-hetero) is 1. The van der Waals surface area contributed by atoms with E-state index in [1.807, 2.05) is 18.5 Å². The van der Waals surface area contributed by atoms with E-state index in [-0.39, 0.29) is 5.41 Å². The average Bonchev–Trinajstić information content (AvgIpc) is 2.84. The first-order valence-electron chi connectivity index (χ1n) is 7.73. The Morgan fingerprint density at radius 1 is 1.24 bits per heavy atom. The molecule has 106 valence electrons. The Hall–Kier alpha value is -1.96. The molecule has 2 aromatic rings. The van der Waals surface area contributed by atoms with Crippen LogP contribution in [0, 0.1) is 11.3 Å². The summed E-state index contributed by atoms with van der Waals surface area (Å²) < 4.78 is 0. The monoisotopic (exact) mass is 277 g/mol. The summed E-state index contributed by atoms with van der Waals surface area (Å²) in [5, 5.41) is 2.42. The minimum Gasteiger partial charge on any atom is -0.300 e. The van der Waals surface area contributed by atoms with Crippen molar-refractivity contribution < 1.29 is 4.79 Å². The van der Waals surface area contributed by atoms with E-state index in [2.05, 4.69) is 36.2 Å². The van der Waals surface area contributed by atoms with Gasteiger partial charge in [-0.3, -0.25) is 9.78 Å². The van der Waals surface area contributed by atoms with Crippen LogP contribution in [-0.4, -0.2) is 10.8 Å². The zero-order valence-corrected chi connectivity index (χ0v) is 12.3. The summed E-state index contributed by atoms with van der Waals surface area (Å²) in [4.78, 5) is 16.0. The minimum absolute atomic E-state index is 0.170. The molecule has 0 amide bonds. The molecule has 0 saturated heterocycles. The van der Waals surface area contributed by atoms with Crippen LogP contribution in [0.25, 0.3) is 16.3 Å². The van der Waals surface area contributed by atoms with E-state index < -0.39 is 0 Å². The molecule has 0 bridgehead atoms. The van der Waals surface area contributed by atoms with Crippen LogP contribution in [0.5, 0.6) is 0 Å². The minimum atomic E-state index is 0.170. The van der Waals surface area contributed by atoms with Crippen LogP contribution < -0.4 is 0 Å². The molecule has 1 fully saturated rings. The van der Waals surface area contributed by atoms with Gasteiger partial charge in [-0.15, -0.1) is 0 Å². The Labute approximate surface area is 124 Å². The van der Waals surface area contributed by atoms with Crippen molar-refractivity contribution in [1.29, 1.82) is 0 Å². The molecule has 1 aromatic heterocycles. The summed E-state index contributed by atoms with van der Waals surface area (Å²) in [5.41, 5.74) is 2.91. The predicted molar refractivity (Wildman–Crippen MR) is 84.8 cm³/mol. The molecule has 0 unspecified atom stereocenters. The fraction of sp³-hybridized carbons (Fsp3) is 0.368. The number of hydrogen-bond donors (Lipinski definition) is 0. The average molecular weight is 277 g/mol. The molecule has 2 aliphatic carbocycles. The lowest BCUT2D eigenvalue weighted by Crippen LogP contribution is -2.32. The molecule has 21 heavy (non-hydrogen) atoms. The van der Waals surface area contributed by atoms with Gasteiger partial charge in [0.2, 0.25) is 0 Å². The van der Waals surface area contributed by atoms with E-state index in [1.165, 1.54) is 21.9 Å². The topological polar surface area (TPSA) is 30.0 Å². The van der Waals surface area contributed by atoms with Crippen LogP contribution in [0.15, 0.2) is 42.7 Å². The fourth-order valence-electron chi connectivity index (χ4n) is 4.10. The molecule has 1 saturated carbocycles. The number of aromatic nitrogens is 1. The van der Waals surface area contributed by atoms with Crippen molar-refractivity contribution in [1.82, 2.24) is 4.98 Å². The summed E-state index contributed by atoms with van der Waals surface area (Å²) in [6, 6.07) is 8.69. The van der Waals surface area contributed by atoms with Gasteiger partial charge in [-0.25, -0.2) is 0 Å². The van der Waals surface area contributed by atoms with Crippen LogP contribution in [0.4, 0.5) is 0 Å². The van der Waals surface area contributed by atoms with Crippen molar-refractivity contribution in [2.24, 2.45) is 11.3 Å². The molecule has 0 aliphatic heterocycles. The molecule has 4 rings (SSSR count). The van der Waals surface area contributed by atoms with E-state index in [9.17, 15) is 4.79 Å². The third-order valence-corrected chi connectivity index (χ3v) is 5.47. The zero-order chi connectivity index (χ0) is 14.4. The maximum absolute atomic E-state index is 11.7. The van der Waals surface area contributed by atoms with Gasteiger partial charge >= 0.3 is 0 Å². The number of carbonyl (C=O) groups is 1. The van der Waals surface area contributed by atoms with Crippen LogP contribution in [-0.2, 0) is 4.79 Å². The third kappa shape index (κ3) is 1.93. The van der Waals surface area contributed by atoms with Crippen molar-refractivity contribution in [2.75, 3.05) is 0 Å². The van der Waals surface area contributed by atoms with Crippen molar-refractivity contribution in [3.05, 3.63) is 48.3 Å². The number of rotatable bonds is 1. The van der Waals surface area contributed by atoms with Crippen molar-refractivity contribution >= 4 is 22.1 Å². The van der Waals surface area contributed by atoms with Crippen molar-refractivity contribution in [2.45, 2.75) is 32.6 Å². The predicted octanol–water partition coefficient (Wildman–Crippen LogP) is 4.40. The molecular weight excluding hydrogens is 258 g/mol. The van der Waals surface area contributed by atoms with E-state index in [4.69, 9.17) is 0 Å². The Bertz CT molecular complexity index is 761. The quantitative estimate of drug-likeness (QED) is 0.773. The van der Waals surface area contributed by atoms with Gasteiger partial charge in [-0.1, -0.05) is 25.1 Å². The van der Waals surface area contributed by atoms with E-state index in [0.29, 0.717) is 11.7 Å². The lowest BCUT2D eigenvalue weighted by Gasteiger charge is -2.38. The Morgan fingerprint density at radius 2 is 2.14 bits per heavy atom. The van der Waals surface area contributed by atoms with Gasteiger partial charge in [0, 0.05) is 30.6 Å². The standard InChI is InChI=1S/C19H19NO/c1-19-8-6-17(21)11-16(19)4-5-18(19)14-3-2-13-7-9-20-12-15(13)10-14/h2-3,5,7,9-10,12,16H,4,6,8,11H2,1H3/t16-,19-/m0/s1. The molecule has 0 radical (unpaired) electrons. The van der Waals surface area contributed by atoms with Gasteiger partial charge in [0.05, 0.1) is 0 Å². The normalized spacial score (nSPS) is 28.5. The number of pyridine rings is 1. The van der Waals surface area contributed by atoms with Gasteiger partial charge < -0.3 is 0 Å². The number of fused-ring (bicyclic) bond motifs is 2. The van der Waals surface area contributed by atoms with Gasteiger partial charge in [0.15, 0.2) is 0 Å². The zero-order valence-electron chi connectivity index (χ0n) is 12.3. The van der Waals surface area contributed by atoms with Crippen molar-refractivity contribution in [3.63, 3.8) is 0 Å². The third-order valence-electron chi connectivity index (χ3n) is 5.47. The summed E-state index contributed by atoms with van der Waals surface area (Å²) in [6.07, 6.45) is 9.65. The highest BCUT2D eigenvalue weighted by molar-refractivity contribution is 5.88. The summed E-state index contributed by atoms with van der Waals surface area (Å²) >= 11 is 0. The Kier molecular flexibility index (Phi) is 2.75. The molecule has 0 N–H and O–H groups in total. The van der Waals surface area contributed by atoms with E-state index in [1.54, 1.807) is 0 Å². The molecule has 2 aliphatic rings. The largest absolute Gasteiger partial charge is 0.300 e. The second-order valence-electron chi connectivity index (χ2n) is 6.65. The molecule has 0 spiro atoms.